The Morgan fingerprint density at radius 2 is 1.81 bits per heavy atom. The summed E-state index contributed by atoms with van der Waals surface area (Å²) in [7, 11) is 0. The number of piperidine rings is 1. The van der Waals surface area contributed by atoms with Crippen LogP contribution in [0.15, 0.2) is 54.6 Å². The lowest BCUT2D eigenvalue weighted by molar-refractivity contribution is -0.116. The summed E-state index contributed by atoms with van der Waals surface area (Å²) >= 11 is 0. The first kappa shape index (κ1) is 18.9. The molecule has 0 saturated carbocycles. The molecule has 1 saturated heterocycles. The number of hydrogen-bond donors (Lipinski definition) is 1. The van der Waals surface area contributed by atoms with E-state index in [2.05, 4.69) is 5.32 Å². The molecule has 4 nitrogen and oxygen atoms in total. The summed E-state index contributed by atoms with van der Waals surface area (Å²) in [6.07, 6.45) is 6.70. The zero-order chi connectivity index (χ0) is 19.1. The predicted molar refractivity (Wildman–Crippen MR) is 108 cm³/mol. The van der Waals surface area contributed by atoms with Crippen molar-refractivity contribution in [3.05, 3.63) is 76.9 Å². The molecule has 0 aliphatic carbocycles. The Hall–Kier alpha value is -2.88. The molecule has 0 spiro atoms. The van der Waals surface area contributed by atoms with Gasteiger partial charge in [-0.05, 0) is 55.5 Å². The van der Waals surface area contributed by atoms with Crippen LogP contribution in [0, 0.1) is 6.92 Å². The maximum absolute atomic E-state index is 12.6. The van der Waals surface area contributed by atoms with E-state index in [1.165, 1.54) is 12.5 Å². The van der Waals surface area contributed by atoms with Gasteiger partial charge >= 0.3 is 0 Å². The van der Waals surface area contributed by atoms with Gasteiger partial charge in [0.15, 0.2) is 0 Å². The topological polar surface area (TPSA) is 49.4 Å². The molecule has 0 unspecified atom stereocenters. The molecule has 0 radical (unpaired) electrons. The number of carbonyl (C=O) groups excluding carboxylic acids is 2. The number of hydrogen-bond acceptors (Lipinski definition) is 2. The SMILES string of the molecule is Cc1cccc(C=CC(=O)NCc2cccc(C(=O)N3CCCCC3)c2)c1. The average Bonchev–Trinajstić information content (AvgIpc) is 2.71. The molecule has 4 heteroatoms. The fraction of sp³-hybridized carbons (Fsp3) is 0.304. The van der Waals surface area contributed by atoms with Crippen molar-refractivity contribution < 1.29 is 9.59 Å². The second kappa shape index (κ2) is 9.17. The molecule has 27 heavy (non-hydrogen) atoms. The first-order valence-electron chi connectivity index (χ1n) is 9.52. The normalized spacial score (nSPS) is 14.3. The minimum Gasteiger partial charge on any atom is -0.348 e. The number of rotatable bonds is 5. The van der Waals surface area contributed by atoms with Crippen LogP contribution in [-0.2, 0) is 11.3 Å². The maximum Gasteiger partial charge on any atom is 0.253 e. The molecule has 1 fully saturated rings. The highest BCUT2D eigenvalue weighted by Crippen LogP contribution is 2.14. The Bertz CT molecular complexity index is 836. The van der Waals surface area contributed by atoms with E-state index in [0.29, 0.717) is 12.1 Å². The zero-order valence-corrected chi connectivity index (χ0v) is 15.8. The molecule has 0 bridgehead atoms. The van der Waals surface area contributed by atoms with Crippen molar-refractivity contribution in [2.45, 2.75) is 32.7 Å². The summed E-state index contributed by atoms with van der Waals surface area (Å²) in [5.41, 5.74) is 3.78. The Kier molecular flexibility index (Phi) is 6.42. The minimum absolute atomic E-state index is 0.0854. The predicted octanol–water partition coefficient (Wildman–Crippen LogP) is 3.95. The van der Waals surface area contributed by atoms with Crippen molar-refractivity contribution >= 4 is 17.9 Å². The highest BCUT2D eigenvalue weighted by Gasteiger charge is 2.18. The van der Waals surface area contributed by atoms with Crippen LogP contribution < -0.4 is 5.32 Å². The molecule has 1 aliphatic rings. The Balaban J connectivity index is 1.56. The van der Waals surface area contributed by atoms with Crippen molar-refractivity contribution in [1.82, 2.24) is 10.2 Å². The zero-order valence-electron chi connectivity index (χ0n) is 15.8. The van der Waals surface area contributed by atoms with Gasteiger partial charge in [-0.15, -0.1) is 0 Å². The highest BCUT2D eigenvalue weighted by atomic mass is 16.2. The summed E-state index contributed by atoms with van der Waals surface area (Å²) in [6, 6.07) is 15.5. The van der Waals surface area contributed by atoms with Gasteiger partial charge in [0.2, 0.25) is 5.91 Å². The first-order valence-corrected chi connectivity index (χ1v) is 9.52. The summed E-state index contributed by atoms with van der Waals surface area (Å²) in [6.45, 7) is 4.10. The quantitative estimate of drug-likeness (QED) is 0.819. The van der Waals surface area contributed by atoms with Crippen molar-refractivity contribution in [2.24, 2.45) is 0 Å². The summed E-state index contributed by atoms with van der Waals surface area (Å²) in [5, 5.41) is 2.88. The molecule has 0 atom stereocenters. The van der Waals surface area contributed by atoms with E-state index in [1.807, 2.05) is 60.4 Å². The van der Waals surface area contributed by atoms with E-state index in [9.17, 15) is 9.59 Å². The fourth-order valence-corrected chi connectivity index (χ4v) is 3.29. The molecule has 140 valence electrons. The van der Waals surface area contributed by atoms with Crippen LogP contribution in [0.25, 0.3) is 6.08 Å². The van der Waals surface area contributed by atoms with Crippen LogP contribution in [0.3, 0.4) is 0 Å². The average molecular weight is 362 g/mol. The molecule has 0 aromatic heterocycles. The number of aryl methyl sites for hydroxylation is 1. The lowest BCUT2D eigenvalue weighted by Crippen LogP contribution is -2.35. The monoisotopic (exact) mass is 362 g/mol. The van der Waals surface area contributed by atoms with Crippen molar-refractivity contribution in [3.63, 3.8) is 0 Å². The molecule has 1 N–H and O–H groups in total. The Labute approximate surface area is 160 Å². The van der Waals surface area contributed by atoms with Gasteiger partial charge in [-0.25, -0.2) is 0 Å². The molecular formula is C23H26N2O2. The van der Waals surface area contributed by atoms with Gasteiger partial charge in [0.25, 0.3) is 5.91 Å². The van der Waals surface area contributed by atoms with Gasteiger partial charge in [0.05, 0.1) is 0 Å². The highest BCUT2D eigenvalue weighted by molar-refractivity contribution is 5.94. The van der Waals surface area contributed by atoms with Crippen LogP contribution in [0.2, 0.25) is 0 Å². The van der Waals surface area contributed by atoms with Crippen LogP contribution in [0.5, 0.6) is 0 Å². The molecular weight excluding hydrogens is 336 g/mol. The second-order valence-corrected chi connectivity index (χ2v) is 7.02. The van der Waals surface area contributed by atoms with Crippen LogP contribution in [0.4, 0.5) is 0 Å². The molecule has 2 amide bonds. The minimum atomic E-state index is -0.149. The van der Waals surface area contributed by atoms with E-state index < -0.39 is 0 Å². The van der Waals surface area contributed by atoms with Crippen LogP contribution in [-0.4, -0.2) is 29.8 Å². The Morgan fingerprint density at radius 1 is 1.04 bits per heavy atom. The van der Waals surface area contributed by atoms with Gasteiger partial charge in [0, 0.05) is 31.3 Å². The van der Waals surface area contributed by atoms with Crippen molar-refractivity contribution in [1.29, 1.82) is 0 Å². The first-order chi connectivity index (χ1) is 13.1. The number of nitrogens with one attached hydrogen (secondary N) is 1. The third kappa shape index (κ3) is 5.55. The fourth-order valence-electron chi connectivity index (χ4n) is 3.29. The number of nitrogens with zero attached hydrogens (tertiary/aromatic N) is 1. The third-order valence-electron chi connectivity index (χ3n) is 4.75. The van der Waals surface area contributed by atoms with Crippen molar-refractivity contribution in [3.8, 4) is 0 Å². The van der Waals surface area contributed by atoms with Gasteiger partial charge in [0.1, 0.15) is 0 Å². The number of amides is 2. The molecule has 1 aliphatic heterocycles. The van der Waals surface area contributed by atoms with E-state index in [4.69, 9.17) is 0 Å². The molecule has 2 aromatic rings. The van der Waals surface area contributed by atoms with Gasteiger partial charge in [-0.2, -0.15) is 0 Å². The van der Waals surface area contributed by atoms with Gasteiger partial charge in [-0.1, -0.05) is 42.0 Å². The Morgan fingerprint density at radius 3 is 2.59 bits per heavy atom. The van der Waals surface area contributed by atoms with E-state index in [-0.39, 0.29) is 11.8 Å². The van der Waals surface area contributed by atoms with Gasteiger partial charge in [-0.3, -0.25) is 9.59 Å². The van der Waals surface area contributed by atoms with E-state index >= 15 is 0 Å². The summed E-state index contributed by atoms with van der Waals surface area (Å²) < 4.78 is 0. The van der Waals surface area contributed by atoms with Gasteiger partial charge < -0.3 is 10.2 Å². The summed E-state index contributed by atoms with van der Waals surface area (Å²) in [4.78, 5) is 26.6. The third-order valence-corrected chi connectivity index (χ3v) is 4.75. The standard InChI is InChI=1S/C23H26N2O2/c1-18-7-5-8-19(15-18)11-12-22(26)24-17-20-9-6-10-21(16-20)23(27)25-13-3-2-4-14-25/h5-12,15-16H,2-4,13-14,17H2,1H3,(H,24,26). The molecule has 3 rings (SSSR count). The summed E-state index contributed by atoms with van der Waals surface area (Å²) in [5.74, 6) is -0.0634. The smallest absolute Gasteiger partial charge is 0.253 e. The number of likely N-dealkylation sites (tertiary alicyclic amines) is 1. The lowest BCUT2D eigenvalue weighted by Gasteiger charge is -2.26. The van der Waals surface area contributed by atoms with Crippen molar-refractivity contribution in [2.75, 3.05) is 13.1 Å². The largest absolute Gasteiger partial charge is 0.348 e. The number of carbonyl (C=O) groups is 2. The maximum atomic E-state index is 12.6. The molecule has 2 aromatic carbocycles. The molecule has 1 heterocycles. The second-order valence-electron chi connectivity index (χ2n) is 7.02. The van der Waals surface area contributed by atoms with Crippen LogP contribution >= 0.6 is 0 Å². The number of benzene rings is 2. The lowest BCUT2D eigenvalue weighted by atomic mass is 10.1. The van der Waals surface area contributed by atoms with E-state index in [1.54, 1.807) is 6.08 Å². The van der Waals surface area contributed by atoms with E-state index in [0.717, 1.165) is 42.6 Å². The van der Waals surface area contributed by atoms with Crippen LogP contribution in [0.1, 0.15) is 46.3 Å².